The number of Topliss-reactive ketones (excluding diaryl/α,β-unsaturated/α-hetero) is 1. The largest absolute Gasteiger partial charge is 0.508 e. The number of hydrogen-bond acceptors (Lipinski definition) is 9. The van der Waals surface area contributed by atoms with Gasteiger partial charge in [0.15, 0.2) is 11.4 Å². The summed E-state index contributed by atoms with van der Waals surface area (Å²) in [5, 5.41) is 45.4. The molecule has 4 N–H and O–H groups in total. The Kier molecular flexibility index (Phi) is 5.16. The zero-order valence-corrected chi connectivity index (χ0v) is 19.4. The Morgan fingerprint density at radius 1 is 1.19 bits per heavy atom. The molecule has 9 heteroatoms. The van der Waals surface area contributed by atoms with Gasteiger partial charge in [-0.1, -0.05) is 20.8 Å². The van der Waals surface area contributed by atoms with E-state index in [1.165, 1.54) is 7.11 Å². The van der Waals surface area contributed by atoms with Crippen LogP contribution >= 0.6 is 0 Å². The molecule has 2 bridgehead atoms. The fraction of sp³-hybridized carbons (Fsp3) is 0.826. The van der Waals surface area contributed by atoms with E-state index in [4.69, 9.17) is 14.2 Å². The highest BCUT2D eigenvalue weighted by Crippen LogP contribution is 2.65. The lowest BCUT2D eigenvalue weighted by Crippen LogP contribution is -2.79. The molecule has 9 nitrogen and oxygen atoms in total. The highest BCUT2D eigenvalue weighted by molar-refractivity contribution is 5.93. The number of ether oxygens (including phenoxy) is 3. The predicted octanol–water partition coefficient (Wildman–Crippen LogP) is 0.712. The molecule has 3 fully saturated rings. The van der Waals surface area contributed by atoms with E-state index >= 15 is 0 Å². The normalized spacial score (nSPS) is 49.8. The maximum absolute atomic E-state index is 13.9. The molecule has 0 spiro atoms. The third-order valence-electron chi connectivity index (χ3n) is 9.29. The van der Waals surface area contributed by atoms with Crippen molar-refractivity contribution in [1.29, 1.82) is 0 Å². The molecule has 0 radical (unpaired) electrons. The summed E-state index contributed by atoms with van der Waals surface area (Å²) >= 11 is 0. The molecule has 9 unspecified atom stereocenters. The summed E-state index contributed by atoms with van der Waals surface area (Å²) in [4.78, 5) is 26.1. The minimum Gasteiger partial charge on any atom is -0.438 e. The zero-order valence-electron chi connectivity index (χ0n) is 19.4. The molecule has 4 aliphatic rings. The molecule has 0 amide bonds. The van der Waals surface area contributed by atoms with Crippen LogP contribution in [0.4, 0.5) is 4.79 Å². The summed E-state index contributed by atoms with van der Waals surface area (Å²) in [6, 6.07) is 0. The third kappa shape index (κ3) is 2.57. The van der Waals surface area contributed by atoms with E-state index in [0.29, 0.717) is 5.57 Å². The third-order valence-corrected chi connectivity index (χ3v) is 9.29. The molecule has 32 heavy (non-hydrogen) atoms. The maximum atomic E-state index is 13.9. The number of hydrogen-bond donors (Lipinski definition) is 4. The molecular weight excluding hydrogens is 420 g/mol. The number of rotatable bonds is 1. The topological polar surface area (TPSA) is 143 Å². The molecule has 0 aromatic carbocycles. The first-order valence-corrected chi connectivity index (χ1v) is 11.1. The molecule has 0 aromatic heterocycles. The first kappa shape index (κ1) is 23.6. The zero-order chi connectivity index (χ0) is 24.0. The van der Waals surface area contributed by atoms with Gasteiger partial charge in [0, 0.05) is 24.2 Å². The smallest absolute Gasteiger partial charge is 0.438 e. The standard InChI is InChI=1S/C23H34O9/c1-10-12(24)8-23(29)11(2)17-21(5,18(27)16(26)15(10)20(23,3)4)13(25)7-14-22(17,9-31-14)32-19(28)30-6/h11-14,16-17,24-26,29H,7-9H2,1-6H3. The minimum absolute atomic E-state index is 0.0254. The van der Waals surface area contributed by atoms with Crippen molar-refractivity contribution in [3.63, 3.8) is 0 Å². The van der Waals surface area contributed by atoms with Crippen LogP contribution in [0.1, 0.15) is 47.5 Å². The van der Waals surface area contributed by atoms with Crippen molar-refractivity contribution in [2.45, 2.75) is 83.1 Å². The fourth-order valence-electron chi connectivity index (χ4n) is 7.32. The summed E-state index contributed by atoms with van der Waals surface area (Å²) in [5.74, 6) is -2.27. The second-order valence-corrected chi connectivity index (χ2v) is 10.7. The number of aliphatic hydroxyl groups excluding tert-OH is 3. The Labute approximate surface area is 187 Å². The van der Waals surface area contributed by atoms with E-state index in [2.05, 4.69) is 0 Å². The van der Waals surface area contributed by atoms with Gasteiger partial charge in [0.05, 0.1) is 36.9 Å². The average molecular weight is 455 g/mol. The van der Waals surface area contributed by atoms with Crippen LogP contribution in [0.15, 0.2) is 11.1 Å². The molecule has 1 saturated heterocycles. The summed E-state index contributed by atoms with van der Waals surface area (Å²) in [6.45, 7) is 8.42. The van der Waals surface area contributed by atoms with E-state index in [9.17, 15) is 30.0 Å². The molecule has 4 rings (SSSR count). The number of carbonyl (C=O) groups is 2. The van der Waals surface area contributed by atoms with Crippen LogP contribution < -0.4 is 0 Å². The Balaban J connectivity index is 2.00. The van der Waals surface area contributed by atoms with Crippen LogP contribution in [-0.4, -0.2) is 81.7 Å². The van der Waals surface area contributed by atoms with E-state index < -0.39 is 70.2 Å². The van der Waals surface area contributed by atoms with Crippen molar-refractivity contribution < 1.29 is 44.2 Å². The Bertz CT molecular complexity index is 881. The van der Waals surface area contributed by atoms with Crippen LogP contribution in [0.25, 0.3) is 0 Å². The van der Waals surface area contributed by atoms with Gasteiger partial charge in [0.25, 0.3) is 0 Å². The monoisotopic (exact) mass is 454 g/mol. The van der Waals surface area contributed by atoms with Crippen molar-refractivity contribution in [2.24, 2.45) is 22.7 Å². The fourth-order valence-corrected chi connectivity index (χ4v) is 7.32. The van der Waals surface area contributed by atoms with Crippen molar-refractivity contribution in [3.8, 4) is 0 Å². The van der Waals surface area contributed by atoms with Gasteiger partial charge in [-0.15, -0.1) is 0 Å². The van der Waals surface area contributed by atoms with Crippen LogP contribution in [0.5, 0.6) is 0 Å². The molecular formula is C23H34O9. The van der Waals surface area contributed by atoms with Gasteiger partial charge in [0.1, 0.15) is 12.2 Å². The van der Waals surface area contributed by atoms with Crippen LogP contribution in [0.2, 0.25) is 0 Å². The first-order valence-electron chi connectivity index (χ1n) is 11.1. The maximum Gasteiger partial charge on any atom is 0.508 e. The molecule has 1 aliphatic heterocycles. The van der Waals surface area contributed by atoms with Crippen LogP contribution in [0, 0.1) is 22.7 Å². The van der Waals surface area contributed by atoms with Crippen LogP contribution in [-0.2, 0) is 19.0 Å². The van der Waals surface area contributed by atoms with E-state index in [0.717, 1.165) is 0 Å². The lowest BCUT2D eigenvalue weighted by Gasteiger charge is -2.67. The molecule has 3 aliphatic carbocycles. The molecule has 0 aromatic rings. The highest BCUT2D eigenvalue weighted by atomic mass is 16.7. The first-order chi connectivity index (χ1) is 14.7. The highest BCUT2D eigenvalue weighted by Gasteiger charge is 2.75. The number of aliphatic hydroxyl groups is 4. The van der Waals surface area contributed by atoms with Crippen molar-refractivity contribution in [2.75, 3.05) is 13.7 Å². The molecule has 2 saturated carbocycles. The van der Waals surface area contributed by atoms with Gasteiger partial charge in [-0.3, -0.25) is 4.79 Å². The summed E-state index contributed by atoms with van der Waals surface area (Å²) in [7, 11) is 1.18. The van der Waals surface area contributed by atoms with Crippen molar-refractivity contribution >= 4 is 11.9 Å². The number of methoxy groups -OCH3 is 1. The van der Waals surface area contributed by atoms with E-state index in [1.807, 2.05) is 0 Å². The predicted molar refractivity (Wildman–Crippen MR) is 110 cm³/mol. The van der Waals surface area contributed by atoms with Gasteiger partial charge < -0.3 is 34.6 Å². The second kappa shape index (κ2) is 6.99. The molecule has 9 atom stereocenters. The lowest BCUT2D eigenvalue weighted by atomic mass is 9.42. The van der Waals surface area contributed by atoms with Gasteiger partial charge in [0.2, 0.25) is 0 Å². The quantitative estimate of drug-likeness (QED) is 0.333. The number of fused-ring (bicyclic) bond motifs is 5. The number of ketones is 1. The molecule has 180 valence electrons. The SMILES string of the molecule is COC(=O)OC12COC1CC(O)C1(C)C(=O)C(O)C3=C(C)C(O)CC(O)(C(C)C21)C3(C)C. The van der Waals surface area contributed by atoms with E-state index in [-0.39, 0.29) is 25.0 Å². The van der Waals surface area contributed by atoms with Gasteiger partial charge in [-0.25, -0.2) is 4.79 Å². The summed E-state index contributed by atoms with van der Waals surface area (Å²) < 4.78 is 16.1. The average Bonchev–Trinajstić information content (AvgIpc) is 2.71. The Hall–Kier alpha value is -1.52. The van der Waals surface area contributed by atoms with Gasteiger partial charge in [-0.2, -0.15) is 0 Å². The minimum atomic E-state index is -1.64. The Morgan fingerprint density at radius 3 is 2.34 bits per heavy atom. The summed E-state index contributed by atoms with van der Waals surface area (Å²) in [6.07, 6.45) is -5.56. The Morgan fingerprint density at radius 2 is 1.81 bits per heavy atom. The second-order valence-electron chi connectivity index (χ2n) is 10.7. The van der Waals surface area contributed by atoms with Gasteiger partial charge in [-0.05, 0) is 30.9 Å². The molecule has 1 heterocycles. The van der Waals surface area contributed by atoms with Crippen molar-refractivity contribution in [1.82, 2.24) is 0 Å². The number of carbonyl (C=O) groups excluding carboxylic acids is 2. The van der Waals surface area contributed by atoms with Gasteiger partial charge >= 0.3 is 6.16 Å². The van der Waals surface area contributed by atoms with E-state index in [1.54, 1.807) is 34.6 Å². The van der Waals surface area contributed by atoms with Crippen molar-refractivity contribution in [3.05, 3.63) is 11.1 Å². The summed E-state index contributed by atoms with van der Waals surface area (Å²) in [5.41, 5.74) is -4.83. The lowest BCUT2D eigenvalue weighted by molar-refractivity contribution is -0.336. The van der Waals surface area contributed by atoms with Crippen LogP contribution in [0.3, 0.4) is 0 Å².